The first-order valence-corrected chi connectivity index (χ1v) is 6.46. The number of nitrogens with zero attached hydrogens (tertiary/aromatic N) is 3. The molecule has 0 radical (unpaired) electrons. The van der Waals surface area contributed by atoms with Gasteiger partial charge in [-0.05, 0) is 26.2 Å². The van der Waals surface area contributed by atoms with E-state index in [-0.39, 0.29) is 6.29 Å². The minimum absolute atomic E-state index is 0.375. The molecule has 0 atom stereocenters. The van der Waals surface area contributed by atoms with E-state index < -0.39 is 0 Å². The van der Waals surface area contributed by atoms with Gasteiger partial charge in [-0.3, -0.25) is 4.68 Å². The third-order valence-corrected chi connectivity index (χ3v) is 2.90. The number of aromatic nitrogens is 3. The Morgan fingerprint density at radius 1 is 1.35 bits per heavy atom. The van der Waals surface area contributed by atoms with Crippen molar-refractivity contribution in [3.8, 4) is 0 Å². The van der Waals surface area contributed by atoms with Gasteiger partial charge < -0.3 is 9.47 Å². The summed E-state index contributed by atoms with van der Waals surface area (Å²) >= 11 is 0. The zero-order chi connectivity index (χ0) is 12.1. The van der Waals surface area contributed by atoms with E-state index in [4.69, 9.17) is 9.47 Å². The number of hydrogen-bond donors (Lipinski definition) is 0. The molecule has 1 aliphatic carbocycles. The number of aryl methyl sites for hydroxylation is 1. The largest absolute Gasteiger partial charge is 0.347 e. The first-order valence-electron chi connectivity index (χ1n) is 6.46. The first kappa shape index (κ1) is 12.5. The van der Waals surface area contributed by atoms with Crippen LogP contribution in [0.3, 0.4) is 0 Å². The first-order chi connectivity index (χ1) is 8.33. The average Bonchev–Trinajstić information content (AvgIpc) is 3.04. The fourth-order valence-electron chi connectivity index (χ4n) is 1.77. The van der Waals surface area contributed by atoms with Crippen LogP contribution in [0.25, 0.3) is 0 Å². The maximum atomic E-state index is 5.48. The van der Waals surface area contributed by atoms with Crippen LogP contribution in [0, 0.1) is 5.92 Å². The molecule has 0 N–H and O–H groups in total. The van der Waals surface area contributed by atoms with Crippen molar-refractivity contribution in [2.45, 2.75) is 45.9 Å². The van der Waals surface area contributed by atoms with Gasteiger partial charge in [-0.25, -0.2) is 0 Å². The second-order valence-electron chi connectivity index (χ2n) is 4.38. The zero-order valence-corrected chi connectivity index (χ0v) is 10.6. The molecule has 0 bridgehead atoms. The van der Waals surface area contributed by atoms with Crippen molar-refractivity contribution in [3.63, 3.8) is 0 Å². The topological polar surface area (TPSA) is 49.2 Å². The summed E-state index contributed by atoms with van der Waals surface area (Å²) in [4.78, 5) is 0. The van der Waals surface area contributed by atoms with Gasteiger partial charge in [0.25, 0.3) is 0 Å². The normalized spacial score (nSPS) is 15.7. The van der Waals surface area contributed by atoms with Crippen LogP contribution >= 0.6 is 0 Å². The van der Waals surface area contributed by atoms with Crippen molar-refractivity contribution in [1.29, 1.82) is 0 Å². The Bertz CT molecular complexity index is 330. The summed E-state index contributed by atoms with van der Waals surface area (Å²) in [6.45, 7) is 6.06. The lowest BCUT2D eigenvalue weighted by atomic mass is 10.3. The van der Waals surface area contributed by atoms with Crippen molar-refractivity contribution in [2.75, 3.05) is 13.2 Å². The second-order valence-corrected chi connectivity index (χ2v) is 4.38. The summed E-state index contributed by atoms with van der Waals surface area (Å²) in [7, 11) is 0. The van der Waals surface area contributed by atoms with Crippen LogP contribution in [-0.2, 0) is 16.0 Å². The molecule has 0 aromatic carbocycles. The molecule has 1 saturated carbocycles. The number of hydrogen-bond acceptors (Lipinski definition) is 4. The van der Waals surface area contributed by atoms with Crippen molar-refractivity contribution in [2.24, 2.45) is 5.92 Å². The minimum Gasteiger partial charge on any atom is -0.347 e. The molecule has 1 heterocycles. The monoisotopic (exact) mass is 239 g/mol. The Kier molecular flexibility index (Phi) is 4.50. The molecule has 5 heteroatoms. The van der Waals surface area contributed by atoms with E-state index in [1.165, 1.54) is 19.3 Å². The van der Waals surface area contributed by atoms with E-state index in [2.05, 4.69) is 10.3 Å². The van der Waals surface area contributed by atoms with Gasteiger partial charge in [0.15, 0.2) is 0 Å². The quantitative estimate of drug-likeness (QED) is 0.652. The van der Waals surface area contributed by atoms with Crippen LogP contribution < -0.4 is 0 Å². The molecule has 0 saturated heterocycles. The molecule has 1 fully saturated rings. The fraction of sp³-hybridized carbons (Fsp3) is 0.833. The van der Waals surface area contributed by atoms with Crippen LogP contribution in [0.2, 0.25) is 0 Å². The van der Waals surface area contributed by atoms with Crippen LogP contribution in [0.15, 0.2) is 6.20 Å². The van der Waals surface area contributed by atoms with Gasteiger partial charge in [0, 0.05) is 19.8 Å². The Labute approximate surface area is 102 Å². The highest BCUT2D eigenvalue weighted by molar-refractivity contribution is 4.94. The lowest BCUT2D eigenvalue weighted by molar-refractivity contribution is -0.142. The van der Waals surface area contributed by atoms with Crippen LogP contribution in [-0.4, -0.2) is 28.2 Å². The van der Waals surface area contributed by atoms with Crippen molar-refractivity contribution in [3.05, 3.63) is 11.9 Å². The molecule has 0 spiro atoms. The van der Waals surface area contributed by atoms with Crippen LogP contribution in [0.1, 0.15) is 45.1 Å². The Hall–Kier alpha value is -0.940. The summed E-state index contributed by atoms with van der Waals surface area (Å²) < 4.78 is 12.9. The molecule has 1 aliphatic rings. The molecule has 17 heavy (non-hydrogen) atoms. The van der Waals surface area contributed by atoms with Gasteiger partial charge in [-0.15, -0.1) is 5.10 Å². The lowest BCUT2D eigenvalue weighted by Crippen LogP contribution is -2.09. The number of rotatable bonds is 8. The van der Waals surface area contributed by atoms with E-state index >= 15 is 0 Å². The molecule has 0 amide bonds. The molecular weight excluding hydrogens is 218 g/mol. The third-order valence-electron chi connectivity index (χ3n) is 2.90. The fourth-order valence-corrected chi connectivity index (χ4v) is 1.77. The van der Waals surface area contributed by atoms with Crippen LogP contribution in [0.5, 0.6) is 0 Å². The van der Waals surface area contributed by atoms with E-state index in [0.717, 1.165) is 18.2 Å². The molecule has 5 nitrogen and oxygen atoms in total. The van der Waals surface area contributed by atoms with Gasteiger partial charge >= 0.3 is 0 Å². The van der Waals surface area contributed by atoms with Gasteiger partial charge in [0.2, 0.25) is 6.29 Å². The van der Waals surface area contributed by atoms with E-state index in [0.29, 0.717) is 13.2 Å². The Morgan fingerprint density at radius 3 is 2.65 bits per heavy atom. The molecule has 96 valence electrons. The average molecular weight is 239 g/mol. The highest BCUT2D eigenvalue weighted by atomic mass is 16.7. The summed E-state index contributed by atoms with van der Waals surface area (Å²) in [6.07, 6.45) is 5.51. The van der Waals surface area contributed by atoms with Gasteiger partial charge in [0.05, 0.1) is 6.20 Å². The predicted octanol–water partition coefficient (Wildman–Crippen LogP) is 2.15. The minimum atomic E-state index is -0.375. The SMILES string of the molecule is CCOC(OCC)c1cn(CCC2CC2)nn1. The molecule has 2 rings (SSSR count). The number of ether oxygens (including phenoxy) is 2. The second kappa shape index (κ2) is 6.12. The van der Waals surface area contributed by atoms with Gasteiger partial charge in [-0.1, -0.05) is 18.1 Å². The molecule has 0 aliphatic heterocycles. The Morgan fingerprint density at radius 2 is 2.06 bits per heavy atom. The molecule has 0 unspecified atom stereocenters. The van der Waals surface area contributed by atoms with E-state index in [1.807, 2.05) is 24.7 Å². The molecular formula is C12H21N3O2. The zero-order valence-electron chi connectivity index (χ0n) is 10.6. The van der Waals surface area contributed by atoms with Crippen molar-refractivity contribution >= 4 is 0 Å². The maximum Gasteiger partial charge on any atom is 0.204 e. The summed E-state index contributed by atoms with van der Waals surface area (Å²) in [5.41, 5.74) is 0.768. The standard InChI is InChI=1S/C12H21N3O2/c1-3-16-12(17-4-2)11-9-15(14-13-11)8-7-10-5-6-10/h9-10,12H,3-8H2,1-2H3. The summed E-state index contributed by atoms with van der Waals surface area (Å²) in [5, 5.41) is 8.22. The summed E-state index contributed by atoms with van der Waals surface area (Å²) in [5.74, 6) is 0.914. The van der Waals surface area contributed by atoms with Crippen molar-refractivity contribution in [1.82, 2.24) is 15.0 Å². The predicted molar refractivity (Wildman–Crippen MR) is 63.4 cm³/mol. The van der Waals surface area contributed by atoms with Crippen LogP contribution in [0.4, 0.5) is 0 Å². The third kappa shape index (κ3) is 3.78. The highest BCUT2D eigenvalue weighted by Crippen LogP contribution is 2.32. The van der Waals surface area contributed by atoms with E-state index in [1.54, 1.807) is 0 Å². The maximum absolute atomic E-state index is 5.48. The lowest BCUT2D eigenvalue weighted by Gasteiger charge is -2.13. The highest BCUT2D eigenvalue weighted by Gasteiger charge is 2.21. The van der Waals surface area contributed by atoms with E-state index in [9.17, 15) is 0 Å². The summed E-state index contributed by atoms with van der Waals surface area (Å²) in [6, 6.07) is 0. The molecule has 1 aromatic rings. The molecule has 1 aromatic heterocycles. The smallest absolute Gasteiger partial charge is 0.204 e. The van der Waals surface area contributed by atoms with Gasteiger partial charge in [0.1, 0.15) is 5.69 Å². The van der Waals surface area contributed by atoms with Crippen molar-refractivity contribution < 1.29 is 9.47 Å². The van der Waals surface area contributed by atoms with Gasteiger partial charge in [-0.2, -0.15) is 0 Å². The Balaban J connectivity index is 1.88.